The number of aromatic nitrogens is 1. The first-order valence-electron chi connectivity index (χ1n) is 11.2. The summed E-state index contributed by atoms with van der Waals surface area (Å²) < 4.78 is 5.41. The summed E-state index contributed by atoms with van der Waals surface area (Å²) in [6, 6.07) is 14.7. The van der Waals surface area contributed by atoms with Crippen LogP contribution in [0, 0.1) is 13.8 Å². The highest BCUT2D eigenvalue weighted by molar-refractivity contribution is 7.13. The first-order valence-corrected chi connectivity index (χ1v) is 12.1. The summed E-state index contributed by atoms with van der Waals surface area (Å²) >= 11 is 1.60. The summed E-state index contributed by atoms with van der Waals surface area (Å²) in [5.41, 5.74) is 5.59. The van der Waals surface area contributed by atoms with E-state index in [1.807, 2.05) is 17.5 Å². The molecular formula is C26H31N3O2S. The van der Waals surface area contributed by atoms with Gasteiger partial charge < -0.3 is 10.1 Å². The lowest BCUT2D eigenvalue weighted by molar-refractivity contribution is -0.120. The molecule has 0 spiro atoms. The van der Waals surface area contributed by atoms with Crippen molar-refractivity contribution in [2.75, 3.05) is 26.7 Å². The van der Waals surface area contributed by atoms with Crippen molar-refractivity contribution in [1.82, 2.24) is 15.2 Å². The Hall–Kier alpha value is -2.70. The number of aryl methyl sites for hydroxylation is 2. The number of hydrogen-bond donors (Lipinski definition) is 1. The minimum atomic E-state index is 0.00886. The van der Waals surface area contributed by atoms with E-state index in [0.717, 1.165) is 35.1 Å². The van der Waals surface area contributed by atoms with Crippen molar-refractivity contribution in [2.45, 2.75) is 39.2 Å². The van der Waals surface area contributed by atoms with Gasteiger partial charge in [0.1, 0.15) is 10.8 Å². The van der Waals surface area contributed by atoms with Gasteiger partial charge in [0, 0.05) is 17.5 Å². The molecule has 5 nitrogen and oxygen atoms in total. The quantitative estimate of drug-likeness (QED) is 0.530. The molecule has 1 N–H and O–H groups in total. The maximum atomic E-state index is 12.8. The molecule has 168 valence electrons. The van der Waals surface area contributed by atoms with E-state index >= 15 is 0 Å². The SMILES string of the molecule is COc1cccc([C@@H](CNC(=O)Cc2csc(-c3ccc(C)cc3C)n2)N2CCCC2)c1. The molecule has 6 heteroatoms. The average Bonchev–Trinajstić information content (AvgIpc) is 3.47. The van der Waals surface area contributed by atoms with E-state index in [9.17, 15) is 4.79 Å². The molecule has 32 heavy (non-hydrogen) atoms. The van der Waals surface area contributed by atoms with Gasteiger partial charge >= 0.3 is 0 Å². The van der Waals surface area contributed by atoms with Gasteiger partial charge in [-0.1, -0.05) is 35.9 Å². The summed E-state index contributed by atoms with van der Waals surface area (Å²) in [6.45, 7) is 6.90. The first kappa shape index (κ1) is 22.5. The second-order valence-corrected chi connectivity index (χ2v) is 9.34. The van der Waals surface area contributed by atoms with Crippen LogP contribution in [0.4, 0.5) is 0 Å². The maximum Gasteiger partial charge on any atom is 0.226 e. The fourth-order valence-corrected chi connectivity index (χ4v) is 5.27. The maximum absolute atomic E-state index is 12.8. The molecule has 1 aromatic heterocycles. The minimum Gasteiger partial charge on any atom is -0.497 e. The summed E-state index contributed by atoms with van der Waals surface area (Å²) in [6.07, 6.45) is 2.70. The summed E-state index contributed by atoms with van der Waals surface area (Å²) in [5, 5.41) is 6.12. The second-order valence-electron chi connectivity index (χ2n) is 8.48. The largest absolute Gasteiger partial charge is 0.497 e. The molecule has 1 atom stereocenters. The van der Waals surface area contributed by atoms with Crippen LogP contribution in [0.2, 0.25) is 0 Å². The van der Waals surface area contributed by atoms with Crippen LogP contribution < -0.4 is 10.1 Å². The number of nitrogens with zero attached hydrogens (tertiary/aromatic N) is 2. The molecule has 1 aliphatic heterocycles. The minimum absolute atomic E-state index is 0.00886. The molecule has 2 aromatic carbocycles. The smallest absolute Gasteiger partial charge is 0.226 e. The second kappa shape index (κ2) is 10.3. The number of ether oxygens (including phenoxy) is 1. The van der Waals surface area contributed by atoms with E-state index in [2.05, 4.69) is 54.4 Å². The third-order valence-electron chi connectivity index (χ3n) is 6.06. The number of hydrogen-bond acceptors (Lipinski definition) is 5. The van der Waals surface area contributed by atoms with Crippen LogP contribution in [0.15, 0.2) is 47.8 Å². The summed E-state index contributed by atoms with van der Waals surface area (Å²) in [4.78, 5) is 19.9. The monoisotopic (exact) mass is 449 g/mol. The molecular weight excluding hydrogens is 418 g/mol. The number of likely N-dealkylation sites (tertiary alicyclic amines) is 1. The van der Waals surface area contributed by atoms with Gasteiger partial charge in [-0.2, -0.15) is 0 Å². The van der Waals surface area contributed by atoms with Crippen molar-refractivity contribution in [1.29, 1.82) is 0 Å². The standard InChI is InChI=1S/C26H31N3O2S/c1-18-9-10-23(19(2)13-18)26-28-21(17-32-26)15-25(30)27-16-24(29-11-4-5-12-29)20-7-6-8-22(14-20)31-3/h6-10,13-14,17,24H,4-5,11-12,15-16H2,1-3H3,(H,27,30)/t24-/m1/s1. The van der Waals surface area contributed by atoms with E-state index in [4.69, 9.17) is 9.72 Å². The molecule has 1 aliphatic rings. The van der Waals surface area contributed by atoms with E-state index < -0.39 is 0 Å². The Morgan fingerprint density at radius 2 is 2.00 bits per heavy atom. The number of amides is 1. The van der Waals surface area contributed by atoms with Crippen LogP contribution >= 0.6 is 11.3 Å². The fraction of sp³-hybridized carbons (Fsp3) is 0.385. The molecule has 0 aliphatic carbocycles. The van der Waals surface area contributed by atoms with Gasteiger partial charge in [-0.3, -0.25) is 9.69 Å². The lowest BCUT2D eigenvalue weighted by Gasteiger charge is -2.28. The fourth-order valence-electron chi connectivity index (χ4n) is 4.36. The lowest BCUT2D eigenvalue weighted by Crippen LogP contribution is -2.37. The van der Waals surface area contributed by atoms with Crippen LogP contribution in [-0.2, 0) is 11.2 Å². The molecule has 1 fully saturated rings. The van der Waals surface area contributed by atoms with Gasteiger partial charge in [0.05, 0.1) is 25.3 Å². The van der Waals surface area contributed by atoms with E-state index in [1.165, 1.54) is 29.5 Å². The Labute approximate surface area is 194 Å². The van der Waals surface area contributed by atoms with Crippen molar-refractivity contribution >= 4 is 17.2 Å². The van der Waals surface area contributed by atoms with Gasteiger partial charge in [0.15, 0.2) is 0 Å². The zero-order valence-corrected chi connectivity index (χ0v) is 19.9. The number of thiazole rings is 1. The van der Waals surface area contributed by atoms with Crippen molar-refractivity contribution in [3.8, 4) is 16.3 Å². The highest BCUT2D eigenvalue weighted by atomic mass is 32.1. The average molecular weight is 450 g/mol. The molecule has 0 bridgehead atoms. The highest BCUT2D eigenvalue weighted by Crippen LogP contribution is 2.29. The molecule has 0 unspecified atom stereocenters. The third kappa shape index (κ3) is 5.37. The van der Waals surface area contributed by atoms with Gasteiger partial charge in [0.2, 0.25) is 5.91 Å². The van der Waals surface area contributed by atoms with Crippen molar-refractivity contribution in [3.63, 3.8) is 0 Å². The Bertz CT molecular complexity index is 1070. The van der Waals surface area contributed by atoms with Crippen molar-refractivity contribution in [2.24, 2.45) is 0 Å². The van der Waals surface area contributed by atoms with Gasteiger partial charge in [-0.15, -0.1) is 11.3 Å². The Morgan fingerprint density at radius 1 is 1.19 bits per heavy atom. The number of carbonyl (C=O) groups excluding carboxylic acids is 1. The molecule has 3 aromatic rings. The van der Waals surface area contributed by atoms with Crippen LogP contribution in [0.5, 0.6) is 5.75 Å². The van der Waals surface area contributed by atoms with E-state index in [-0.39, 0.29) is 11.9 Å². The summed E-state index contributed by atoms with van der Waals surface area (Å²) in [7, 11) is 1.69. The van der Waals surface area contributed by atoms with Gasteiger partial charge in [-0.05, 0) is 63.0 Å². The van der Waals surface area contributed by atoms with Gasteiger partial charge in [-0.25, -0.2) is 4.98 Å². The number of carbonyl (C=O) groups is 1. The normalized spacial score (nSPS) is 15.0. The van der Waals surface area contributed by atoms with Crippen LogP contribution in [-0.4, -0.2) is 42.5 Å². The van der Waals surface area contributed by atoms with Gasteiger partial charge in [0.25, 0.3) is 0 Å². The number of nitrogens with one attached hydrogen (secondary N) is 1. The molecule has 1 amide bonds. The lowest BCUT2D eigenvalue weighted by atomic mass is 10.0. The highest BCUT2D eigenvalue weighted by Gasteiger charge is 2.24. The van der Waals surface area contributed by atoms with Crippen molar-refractivity contribution in [3.05, 3.63) is 70.2 Å². The third-order valence-corrected chi connectivity index (χ3v) is 6.98. The predicted molar refractivity (Wildman–Crippen MR) is 130 cm³/mol. The number of rotatable bonds is 8. The Morgan fingerprint density at radius 3 is 2.75 bits per heavy atom. The van der Waals surface area contributed by atoms with Crippen LogP contribution in [0.3, 0.4) is 0 Å². The zero-order chi connectivity index (χ0) is 22.5. The van der Waals surface area contributed by atoms with Crippen LogP contribution in [0.1, 0.15) is 41.3 Å². The molecule has 0 radical (unpaired) electrons. The van der Waals surface area contributed by atoms with E-state index in [0.29, 0.717) is 13.0 Å². The zero-order valence-electron chi connectivity index (χ0n) is 19.1. The molecule has 1 saturated heterocycles. The molecule has 4 rings (SSSR count). The predicted octanol–water partition coefficient (Wildman–Crippen LogP) is 4.93. The molecule has 2 heterocycles. The Balaban J connectivity index is 1.41. The molecule has 0 saturated carbocycles. The first-order chi connectivity index (χ1) is 15.5. The number of benzene rings is 2. The van der Waals surface area contributed by atoms with Crippen LogP contribution in [0.25, 0.3) is 10.6 Å². The number of methoxy groups -OCH3 is 1. The summed E-state index contributed by atoms with van der Waals surface area (Å²) in [5.74, 6) is 0.856. The van der Waals surface area contributed by atoms with Crippen molar-refractivity contribution < 1.29 is 9.53 Å². The topological polar surface area (TPSA) is 54.5 Å². The van der Waals surface area contributed by atoms with E-state index in [1.54, 1.807) is 18.4 Å². The Kier molecular flexibility index (Phi) is 7.22.